The number of carbonyl (C=O) groups excluding carboxylic acids is 1. The van der Waals surface area contributed by atoms with Crippen LogP contribution in [0.4, 0.5) is 11.4 Å². The molecule has 3 aromatic carbocycles. The fourth-order valence-corrected chi connectivity index (χ4v) is 6.60. The normalized spacial score (nSPS) is 23.1. The Balaban J connectivity index is 1.41. The topological polar surface area (TPSA) is 23.6 Å². The summed E-state index contributed by atoms with van der Waals surface area (Å²) in [7, 11) is 4.22. The molecule has 190 valence electrons. The molecule has 2 heterocycles. The summed E-state index contributed by atoms with van der Waals surface area (Å²) in [5.41, 5.74) is 10.6. The highest BCUT2D eigenvalue weighted by Gasteiger charge is 2.39. The molecule has 0 spiro atoms. The average Bonchev–Trinajstić information content (AvgIpc) is 3.37. The molecule has 0 N–H and O–H groups in total. The van der Waals surface area contributed by atoms with Gasteiger partial charge < -0.3 is 9.80 Å². The quantitative estimate of drug-likeness (QED) is 0.339. The van der Waals surface area contributed by atoms with Gasteiger partial charge in [0, 0.05) is 58.8 Å². The van der Waals surface area contributed by atoms with Crippen molar-refractivity contribution in [2.75, 3.05) is 23.9 Å². The van der Waals surface area contributed by atoms with Gasteiger partial charge in [-0.25, -0.2) is 0 Å². The van der Waals surface area contributed by atoms with Gasteiger partial charge in [-0.15, -0.1) is 0 Å². The van der Waals surface area contributed by atoms with Gasteiger partial charge in [-0.05, 0) is 58.7 Å². The van der Waals surface area contributed by atoms with Crippen LogP contribution in [0.15, 0.2) is 108 Å². The summed E-state index contributed by atoms with van der Waals surface area (Å²) < 4.78 is 0. The summed E-state index contributed by atoms with van der Waals surface area (Å²) in [5.74, 6) is 0.0758. The van der Waals surface area contributed by atoms with E-state index in [4.69, 9.17) is 0 Å². The fraction of sp³-hybridized carbons (Fsp3) is 0.229. The molecule has 0 bridgehead atoms. The van der Waals surface area contributed by atoms with Crippen LogP contribution in [0.1, 0.15) is 49.9 Å². The zero-order valence-electron chi connectivity index (χ0n) is 23.0. The van der Waals surface area contributed by atoms with Crippen LogP contribution in [-0.2, 0) is 15.6 Å². The van der Waals surface area contributed by atoms with E-state index in [0.717, 1.165) is 22.3 Å². The van der Waals surface area contributed by atoms with Gasteiger partial charge in [0.2, 0.25) is 0 Å². The van der Waals surface area contributed by atoms with E-state index in [-0.39, 0.29) is 16.6 Å². The number of hydrogen-bond donors (Lipinski definition) is 0. The monoisotopic (exact) mass is 498 g/mol. The standard InChI is InChI=1S/C35H34N2O/c1-34(2)27-15-9-11-17-29(27)36(5)31(34)21-19-25-23-13-7-8-14-24(23)26(33(25)38)20-22-32-35(3,4)28-16-10-12-18-30(28)37(32)6/h7-22H,1-6H3/b25-19-,26-20+,31-21-,32-22-. The Kier molecular flexibility index (Phi) is 5.39. The van der Waals surface area contributed by atoms with Crippen LogP contribution in [-0.4, -0.2) is 19.9 Å². The third-order valence-electron chi connectivity index (χ3n) is 8.69. The highest BCUT2D eigenvalue weighted by Crippen LogP contribution is 2.48. The molecule has 3 nitrogen and oxygen atoms in total. The highest BCUT2D eigenvalue weighted by molar-refractivity contribution is 6.47. The van der Waals surface area contributed by atoms with E-state index in [1.807, 2.05) is 24.3 Å². The van der Waals surface area contributed by atoms with Gasteiger partial charge in [-0.1, -0.05) is 88.4 Å². The van der Waals surface area contributed by atoms with Gasteiger partial charge in [0.1, 0.15) is 0 Å². The molecule has 3 aliphatic rings. The molecule has 0 amide bonds. The summed E-state index contributed by atoms with van der Waals surface area (Å²) in [6, 6.07) is 25.2. The molecule has 0 unspecified atom stereocenters. The minimum absolute atomic E-state index is 0.0758. The molecule has 3 heteroatoms. The number of hydrogen-bond acceptors (Lipinski definition) is 3. The number of fused-ring (bicyclic) bond motifs is 3. The Morgan fingerprint density at radius 2 is 0.921 bits per heavy atom. The number of anilines is 2. The maximum absolute atomic E-state index is 13.9. The molecule has 0 saturated carbocycles. The third-order valence-corrected chi connectivity index (χ3v) is 8.69. The summed E-state index contributed by atoms with van der Waals surface area (Å²) >= 11 is 0. The van der Waals surface area contributed by atoms with Crippen LogP contribution in [0.25, 0.3) is 11.1 Å². The predicted molar refractivity (Wildman–Crippen MR) is 159 cm³/mol. The van der Waals surface area contributed by atoms with Crippen LogP contribution in [0, 0.1) is 0 Å². The van der Waals surface area contributed by atoms with E-state index in [1.54, 1.807) is 0 Å². The molecule has 0 atom stereocenters. The first-order valence-corrected chi connectivity index (χ1v) is 13.3. The number of benzene rings is 3. The second-order valence-electron chi connectivity index (χ2n) is 11.5. The predicted octanol–water partition coefficient (Wildman–Crippen LogP) is 7.66. The molecular weight excluding hydrogens is 464 g/mol. The van der Waals surface area contributed by atoms with E-state index in [0.29, 0.717) is 0 Å². The molecule has 0 radical (unpaired) electrons. The first-order valence-electron chi connectivity index (χ1n) is 13.3. The zero-order chi connectivity index (χ0) is 26.8. The van der Waals surface area contributed by atoms with Gasteiger partial charge in [0.05, 0.1) is 0 Å². The molecule has 0 fully saturated rings. The third kappa shape index (κ3) is 3.38. The lowest BCUT2D eigenvalue weighted by molar-refractivity contribution is -0.108. The van der Waals surface area contributed by atoms with Crippen LogP contribution in [0.5, 0.6) is 0 Å². The van der Waals surface area contributed by atoms with Crippen molar-refractivity contribution < 1.29 is 4.79 Å². The largest absolute Gasteiger partial charge is 0.347 e. The first kappa shape index (κ1) is 24.2. The lowest BCUT2D eigenvalue weighted by Gasteiger charge is -2.23. The zero-order valence-corrected chi connectivity index (χ0v) is 23.0. The van der Waals surface area contributed by atoms with Crippen LogP contribution < -0.4 is 9.80 Å². The summed E-state index contributed by atoms with van der Waals surface area (Å²) in [6.07, 6.45) is 8.32. The molecule has 0 aromatic heterocycles. The molecule has 3 aromatic rings. The van der Waals surface area contributed by atoms with Crippen LogP contribution >= 0.6 is 0 Å². The number of rotatable bonds is 2. The number of likely N-dealkylation sites (N-methyl/N-ethyl adjacent to an activating group) is 2. The second-order valence-corrected chi connectivity index (χ2v) is 11.5. The molecule has 38 heavy (non-hydrogen) atoms. The summed E-state index contributed by atoms with van der Waals surface area (Å²) in [5, 5.41) is 0. The van der Waals surface area contributed by atoms with Crippen molar-refractivity contribution in [3.05, 3.63) is 131 Å². The Bertz CT molecular complexity index is 1490. The Labute approximate surface area is 226 Å². The molecule has 2 aliphatic heterocycles. The number of ketones is 1. The SMILES string of the molecule is CN1/C(=C\C=C2/C(=O)/C(=C/C=C3\N(C)c4ccccc4C3(C)C)c3ccccc32)C(C)(C)c2ccccc21. The fourth-order valence-electron chi connectivity index (χ4n) is 6.60. The number of Topliss-reactive ketones (excluding diaryl/α,β-unsaturated/α-hetero) is 1. The number of carbonyl (C=O) groups is 1. The Morgan fingerprint density at radius 1 is 0.553 bits per heavy atom. The van der Waals surface area contributed by atoms with Crippen molar-refractivity contribution in [3.8, 4) is 0 Å². The van der Waals surface area contributed by atoms with E-state index in [9.17, 15) is 4.79 Å². The maximum Gasteiger partial charge on any atom is 0.194 e. The minimum Gasteiger partial charge on any atom is -0.347 e. The summed E-state index contributed by atoms with van der Waals surface area (Å²) in [4.78, 5) is 18.4. The molecular formula is C35H34N2O. The van der Waals surface area contributed by atoms with E-state index >= 15 is 0 Å². The van der Waals surface area contributed by atoms with Gasteiger partial charge in [-0.3, -0.25) is 4.79 Å². The lowest BCUT2D eigenvalue weighted by Crippen LogP contribution is -2.22. The molecule has 1 aliphatic carbocycles. The van der Waals surface area contributed by atoms with E-state index < -0.39 is 0 Å². The van der Waals surface area contributed by atoms with Crippen molar-refractivity contribution in [1.29, 1.82) is 0 Å². The van der Waals surface area contributed by atoms with Crippen molar-refractivity contribution in [1.82, 2.24) is 0 Å². The van der Waals surface area contributed by atoms with Crippen molar-refractivity contribution in [2.45, 2.75) is 38.5 Å². The summed E-state index contributed by atoms with van der Waals surface area (Å²) in [6.45, 7) is 9.00. The van der Waals surface area contributed by atoms with Gasteiger partial charge in [0.15, 0.2) is 5.78 Å². The molecule has 0 saturated heterocycles. The van der Waals surface area contributed by atoms with E-state index in [2.05, 4.69) is 124 Å². The number of para-hydroxylation sites is 2. The van der Waals surface area contributed by atoms with Gasteiger partial charge in [0.25, 0.3) is 0 Å². The highest BCUT2D eigenvalue weighted by atomic mass is 16.1. The smallest absolute Gasteiger partial charge is 0.194 e. The first-order chi connectivity index (χ1) is 18.1. The second kappa shape index (κ2) is 8.46. The Morgan fingerprint density at radius 3 is 1.32 bits per heavy atom. The molecule has 6 rings (SSSR count). The average molecular weight is 499 g/mol. The van der Waals surface area contributed by atoms with Crippen molar-refractivity contribution in [2.24, 2.45) is 0 Å². The van der Waals surface area contributed by atoms with Gasteiger partial charge >= 0.3 is 0 Å². The van der Waals surface area contributed by atoms with Gasteiger partial charge in [-0.2, -0.15) is 0 Å². The van der Waals surface area contributed by atoms with E-state index in [1.165, 1.54) is 33.9 Å². The lowest BCUT2D eigenvalue weighted by atomic mass is 9.83. The Hall–Kier alpha value is -4.11. The van der Waals surface area contributed by atoms with Crippen LogP contribution in [0.3, 0.4) is 0 Å². The van der Waals surface area contributed by atoms with Crippen molar-refractivity contribution >= 4 is 28.3 Å². The number of allylic oxidation sites excluding steroid dienone is 8. The van der Waals surface area contributed by atoms with Crippen LogP contribution in [0.2, 0.25) is 0 Å². The van der Waals surface area contributed by atoms with Crippen molar-refractivity contribution in [3.63, 3.8) is 0 Å². The number of nitrogens with zero attached hydrogens (tertiary/aromatic N) is 2. The maximum atomic E-state index is 13.9. The minimum atomic E-state index is -0.139.